The average molecular weight is 221 g/mol. The molecule has 0 radical (unpaired) electrons. The highest BCUT2D eigenvalue weighted by Gasteiger charge is 2.43. The Labute approximate surface area is 98.7 Å². The van der Waals surface area contributed by atoms with E-state index in [0.29, 0.717) is 5.92 Å². The lowest BCUT2D eigenvalue weighted by atomic mass is 9.65. The van der Waals surface area contributed by atoms with E-state index in [1.807, 2.05) is 0 Å². The maximum Gasteiger partial charge on any atom is 0.0835 e. The van der Waals surface area contributed by atoms with Gasteiger partial charge in [0.05, 0.1) is 17.6 Å². The third kappa shape index (κ3) is 2.25. The topological polar surface area (TPSA) is 44.0 Å². The molecule has 2 saturated carbocycles. The van der Waals surface area contributed by atoms with Crippen LogP contribution in [0.2, 0.25) is 0 Å². The number of nitrogens with zero attached hydrogens (tertiary/aromatic N) is 1. The van der Waals surface area contributed by atoms with Crippen molar-refractivity contribution < 1.29 is 5.11 Å². The first kappa shape index (κ1) is 11.9. The van der Waals surface area contributed by atoms with E-state index in [2.05, 4.69) is 6.07 Å². The maximum absolute atomic E-state index is 10.4. The lowest BCUT2D eigenvalue weighted by molar-refractivity contribution is -0.0287. The molecule has 1 N–H and O–H groups in total. The summed E-state index contributed by atoms with van der Waals surface area (Å²) in [6.07, 6.45) is 11.0. The van der Waals surface area contributed by atoms with E-state index in [1.165, 1.54) is 25.7 Å². The van der Waals surface area contributed by atoms with E-state index in [0.717, 1.165) is 38.5 Å². The van der Waals surface area contributed by atoms with E-state index in [4.69, 9.17) is 0 Å². The van der Waals surface area contributed by atoms with Crippen molar-refractivity contribution in [1.29, 1.82) is 5.26 Å². The fourth-order valence-electron chi connectivity index (χ4n) is 3.22. The lowest BCUT2D eigenvalue weighted by Crippen LogP contribution is -2.42. The van der Waals surface area contributed by atoms with Crippen molar-refractivity contribution in [2.75, 3.05) is 0 Å². The maximum atomic E-state index is 10.4. The molecule has 2 aliphatic carbocycles. The van der Waals surface area contributed by atoms with Crippen molar-refractivity contribution in [3.8, 4) is 6.07 Å². The summed E-state index contributed by atoms with van der Waals surface area (Å²) < 4.78 is 0. The Morgan fingerprint density at radius 2 is 1.56 bits per heavy atom. The van der Waals surface area contributed by atoms with Crippen molar-refractivity contribution >= 4 is 0 Å². The summed E-state index contributed by atoms with van der Waals surface area (Å²) >= 11 is 0. The van der Waals surface area contributed by atoms with E-state index in [9.17, 15) is 10.4 Å². The smallest absolute Gasteiger partial charge is 0.0835 e. The van der Waals surface area contributed by atoms with Crippen LogP contribution < -0.4 is 0 Å². The SMILES string of the molecule is N#CC1(C(O)C2CCC2)CCCCCCC1. The molecule has 2 rings (SSSR count). The molecular formula is C14H23NO. The molecule has 0 bridgehead atoms. The van der Waals surface area contributed by atoms with Gasteiger partial charge >= 0.3 is 0 Å². The van der Waals surface area contributed by atoms with Gasteiger partial charge in [-0.1, -0.05) is 38.5 Å². The molecule has 16 heavy (non-hydrogen) atoms. The van der Waals surface area contributed by atoms with Gasteiger partial charge in [-0.2, -0.15) is 5.26 Å². The Morgan fingerprint density at radius 3 is 2.00 bits per heavy atom. The lowest BCUT2D eigenvalue weighted by Gasteiger charge is -2.41. The van der Waals surface area contributed by atoms with Crippen LogP contribution in [-0.4, -0.2) is 11.2 Å². The van der Waals surface area contributed by atoms with Crippen LogP contribution in [0.25, 0.3) is 0 Å². The Bertz CT molecular complexity index is 256. The first-order valence-electron chi connectivity index (χ1n) is 6.88. The zero-order valence-corrected chi connectivity index (χ0v) is 10.1. The molecule has 0 aromatic heterocycles. The normalized spacial score (nSPS) is 28.2. The van der Waals surface area contributed by atoms with Gasteiger partial charge in [0.2, 0.25) is 0 Å². The molecule has 0 amide bonds. The minimum Gasteiger partial charge on any atom is -0.391 e. The first-order valence-corrected chi connectivity index (χ1v) is 6.88. The Hall–Kier alpha value is -0.550. The fraction of sp³-hybridized carbons (Fsp3) is 0.929. The molecule has 90 valence electrons. The number of aliphatic hydroxyl groups excluding tert-OH is 1. The van der Waals surface area contributed by atoms with Crippen molar-refractivity contribution in [2.24, 2.45) is 11.3 Å². The van der Waals surface area contributed by atoms with Gasteiger partial charge in [0, 0.05) is 0 Å². The van der Waals surface area contributed by atoms with Gasteiger partial charge in [-0.15, -0.1) is 0 Å². The highest BCUT2D eigenvalue weighted by molar-refractivity contribution is 5.06. The van der Waals surface area contributed by atoms with Gasteiger partial charge in [-0.05, 0) is 31.6 Å². The zero-order chi connectivity index (χ0) is 11.4. The number of aliphatic hydroxyl groups is 1. The quantitative estimate of drug-likeness (QED) is 0.776. The monoisotopic (exact) mass is 221 g/mol. The third-order valence-electron chi connectivity index (χ3n) is 4.63. The molecule has 0 heterocycles. The first-order chi connectivity index (χ1) is 7.78. The summed E-state index contributed by atoms with van der Waals surface area (Å²) in [7, 11) is 0. The molecule has 0 aromatic rings. The van der Waals surface area contributed by atoms with Gasteiger partial charge < -0.3 is 5.11 Å². The highest BCUT2D eigenvalue weighted by Crippen LogP contribution is 2.44. The zero-order valence-electron chi connectivity index (χ0n) is 10.1. The van der Waals surface area contributed by atoms with E-state index in [-0.39, 0.29) is 6.10 Å². The van der Waals surface area contributed by atoms with Crippen molar-refractivity contribution in [3.05, 3.63) is 0 Å². The highest BCUT2D eigenvalue weighted by atomic mass is 16.3. The summed E-state index contributed by atoms with van der Waals surface area (Å²) in [5, 5.41) is 19.9. The number of hydrogen-bond donors (Lipinski definition) is 1. The van der Waals surface area contributed by atoms with E-state index < -0.39 is 5.41 Å². The molecule has 0 aliphatic heterocycles. The summed E-state index contributed by atoms with van der Waals surface area (Å²) in [5.41, 5.74) is -0.411. The van der Waals surface area contributed by atoms with Crippen LogP contribution in [0.4, 0.5) is 0 Å². The molecule has 2 heteroatoms. The third-order valence-corrected chi connectivity index (χ3v) is 4.63. The van der Waals surface area contributed by atoms with Crippen molar-refractivity contribution in [3.63, 3.8) is 0 Å². The predicted octanol–water partition coefficient (Wildman–Crippen LogP) is 3.40. The molecule has 0 aromatic carbocycles. The van der Waals surface area contributed by atoms with E-state index >= 15 is 0 Å². The number of nitriles is 1. The van der Waals surface area contributed by atoms with E-state index in [1.54, 1.807) is 0 Å². The van der Waals surface area contributed by atoms with Crippen LogP contribution in [0.5, 0.6) is 0 Å². The fourth-order valence-corrected chi connectivity index (χ4v) is 3.22. The van der Waals surface area contributed by atoms with Crippen LogP contribution in [0.15, 0.2) is 0 Å². The largest absolute Gasteiger partial charge is 0.391 e. The van der Waals surface area contributed by atoms with Gasteiger partial charge in [0.25, 0.3) is 0 Å². The minimum absolute atomic E-state index is 0.357. The molecule has 0 saturated heterocycles. The Kier molecular flexibility index (Phi) is 3.86. The number of rotatable bonds is 2. The summed E-state index contributed by atoms with van der Waals surface area (Å²) in [6.45, 7) is 0. The standard InChI is InChI=1S/C14H23NO/c15-11-14(13(16)12-7-6-8-12)9-4-2-1-3-5-10-14/h12-13,16H,1-10H2. The molecule has 2 aliphatic rings. The predicted molar refractivity (Wildman–Crippen MR) is 63.7 cm³/mol. The molecule has 1 unspecified atom stereocenters. The van der Waals surface area contributed by atoms with Crippen LogP contribution >= 0.6 is 0 Å². The molecule has 2 fully saturated rings. The minimum atomic E-state index is -0.411. The van der Waals surface area contributed by atoms with Gasteiger partial charge in [0.1, 0.15) is 0 Å². The van der Waals surface area contributed by atoms with Crippen LogP contribution in [0.3, 0.4) is 0 Å². The van der Waals surface area contributed by atoms with Gasteiger partial charge in [-0.25, -0.2) is 0 Å². The Balaban J connectivity index is 2.05. The summed E-state index contributed by atoms with van der Waals surface area (Å²) in [6, 6.07) is 2.48. The summed E-state index contributed by atoms with van der Waals surface area (Å²) in [4.78, 5) is 0. The molecule has 0 spiro atoms. The average Bonchev–Trinajstić information content (AvgIpc) is 2.15. The summed E-state index contributed by atoms with van der Waals surface area (Å²) in [5.74, 6) is 0.416. The molecule has 2 nitrogen and oxygen atoms in total. The van der Waals surface area contributed by atoms with Crippen LogP contribution in [0, 0.1) is 22.7 Å². The van der Waals surface area contributed by atoms with Gasteiger partial charge in [-0.3, -0.25) is 0 Å². The molecular weight excluding hydrogens is 198 g/mol. The van der Waals surface area contributed by atoms with Crippen LogP contribution in [0.1, 0.15) is 64.2 Å². The van der Waals surface area contributed by atoms with Crippen molar-refractivity contribution in [1.82, 2.24) is 0 Å². The number of hydrogen-bond acceptors (Lipinski definition) is 2. The second kappa shape index (κ2) is 5.19. The second-order valence-electron chi connectivity index (χ2n) is 5.67. The van der Waals surface area contributed by atoms with Crippen molar-refractivity contribution in [2.45, 2.75) is 70.3 Å². The molecule has 1 atom stereocenters. The Morgan fingerprint density at radius 1 is 1.00 bits per heavy atom. The second-order valence-corrected chi connectivity index (χ2v) is 5.67. The van der Waals surface area contributed by atoms with Crippen LogP contribution in [-0.2, 0) is 0 Å². The van der Waals surface area contributed by atoms with Gasteiger partial charge in [0.15, 0.2) is 0 Å².